The zero-order valence-electron chi connectivity index (χ0n) is 10.1. The van der Waals surface area contributed by atoms with E-state index in [9.17, 15) is 8.42 Å². The molecule has 0 spiro atoms. The van der Waals surface area contributed by atoms with Crippen molar-refractivity contribution in [3.05, 3.63) is 48.0 Å². The molecule has 0 saturated carbocycles. The summed E-state index contributed by atoms with van der Waals surface area (Å²) in [6.07, 6.45) is 4.61. The van der Waals surface area contributed by atoms with E-state index in [0.29, 0.717) is 18.0 Å². The highest BCUT2D eigenvalue weighted by Gasteiger charge is 2.05. The smallest absolute Gasteiger partial charge is 0.175 e. The number of aromatic nitrogens is 2. The molecule has 0 amide bonds. The minimum Gasteiger partial charge on any atom is -0.347 e. The van der Waals surface area contributed by atoms with Crippen molar-refractivity contribution >= 4 is 9.84 Å². The van der Waals surface area contributed by atoms with Crippen LogP contribution in [0.3, 0.4) is 0 Å². The van der Waals surface area contributed by atoms with Gasteiger partial charge in [0.15, 0.2) is 9.84 Å². The largest absolute Gasteiger partial charge is 0.347 e. The highest BCUT2D eigenvalue weighted by Crippen LogP contribution is 2.10. The van der Waals surface area contributed by atoms with Gasteiger partial charge in [-0.05, 0) is 17.7 Å². The standard InChI is InChI=1S/C12H15N3O2S/c1-18(16,17)12-4-2-10(3-5-12)6-13-7-11-8-14-9-15-11/h2-5,8-9,13H,6-7H2,1H3,(H,14,15). The maximum Gasteiger partial charge on any atom is 0.175 e. The van der Waals surface area contributed by atoms with Gasteiger partial charge in [0, 0.05) is 31.2 Å². The van der Waals surface area contributed by atoms with Gasteiger partial charge in [0.2, 0.25) is 0 Å². The second-order valence-corrected chi connectivity index (χ2v) is 6.11. The van der Waals surface area contributed by atoms with Crippen LogP contribution in [0.2, 0.25) is 0 Å². The summed E-state index contributed by atoms with van der Waals surface area (Å²) < 4.78 is 22.6. The van der Waals surface area contributed by atoms with Crippen molar-refractivity contribution in [1.29, 1.82) is 0 Å². The van der Waals surface area contributed by atoms with Crippen molar-refractivity contribution in [2.45, 2.75) is 18.0 Å². The molecule has 0 radical (unpaired) electrons. The van der Waals surface area contributed by atoms with Crippen LogP contribution in [0.15, 0.2) is 41.7 Å². The van der Waals surface area contributed by atoms with Gasteiger partial charge in [-0.3, -0.25) is 0 Å². The molecule has 96 valence electrons. The number of sulfone groups is 1. The molecule has 1 aromatic carbocycles. The lowest BCUT2D eigenvalue weighted by Gasteiger charge is -2.04. The first-order chi connectivity index (χ1) is 8.55. The summed E-state index contributed by atoms with van der Waals surface area (Å²) in [5.74, 6) is 0. The minimum atomic E-state index is -3.11. The van der Waals surface area contributed by atoms with E-state index in [2.05, 4.69) is 15.3 Å². The SMILES string of the molecule is CS(=O)(=O)c1ccc(CNCc2cnc[nH]2)cc1. The van der Waals surface area contributed by atoms with Crippen LogP contribution in [0.4, 0.5) is 0 Å². The van der Waals surface area contributed by atoms with Crippen molar-refractivity contribution < 1.29 is 8.42 Å². The molecular formula is C12H15N3O2S. The number of nitrogens with zero attached hydrogens (tertiary/aromatic N) is 1. The van der Waals surface area contributed by atoms with Gasteiger partial charge in [-0.1, -0.05) is 12.1 Å². The molecule has 2 aromatic rings. The first-order valence-corrected chi connectivity index (χ1v) is 7.42. The van der Waals surface area contributed by atoms with Crippen molar-refractivity contribution in [2.75, 3.05) is 6.26 Å². The Morgan fingerprint density at radius 3 is 2.50 bits per heavy atom. The van der Waals surface area contributed by atoms with Gasteiger partial charge in [-0.2, -0.15) is 0 Å². The van der Waals surface area contributed by atoms with E-state index in [4.69, 9.17) is 0 Å². The maximum absolute atomic E-state index is 11.3. The molecule has 0 aliphatic heterocycles. The number of hydrogen-bond acceptors (Lipinski definition) is 4. The van der Waals surface area contributed by atoms with Crippen LogP contribution in [-0.4, -0.2) is 24.6 Å². The highest BCUT2D eigenvalue weighted by atomic mass is 32.2. The maximum atomic E-state index is 11.3. The Bertz CT molecular complexity index is 589. The lowest BCUT2D eigenvalue weighted by molar-refractivity contribution is 0.602. The third-order valence-electron chi connectivity index (χ3n) is 2.55. The number of imidazole rings is 1. The van der Waals surface area contributed by atoms with E-state index < -0.39 is 9.84 Å². The van der Waals surface area contributed by atoms with Crippen LogP contribution in [0.5, 0.6) is 0 Å². The number of benzene rings is 1. The lowest BCUT2D eigenvalue weighted by Crippen LogP contribution is -2.12. The van der Waals surface area contributed by atoms with Crippen LogP contribution in [-0.2, 0) is 22.9 Å². The fraction of sp³-hybridized carbons (Fsp3) is 0.250. The lowest BCUT2D eigenvalue weighted by atomic mass is 10.2. The Hall–Kier alpha value is -1.66. The molecule has 1 aromatic heterocycles. The fourth-order valence-corrected chi connectivity index (χ4v) is 2.21. The summed E-state index contributed by atoms with van der Waals surface area (Å²) in [4.78, 5) is 7.27. The third-order valence-corrected chi connectivity index (χ3v) is 3.68. The zero-order chi connectivity index (χ0) is 13.0. The van der Waals surface area contributed by atoms with Crippen LogP contribution in [0.1, 0.15) is 11.3 Å². The average molecular weight is 265 g/mol. The topological polar surface area (TPSA) is 74.8 Å². The Morgan fingerprint density at radius 2 is 1.94 bits per heavy atom. The molecule has 5 nitrogen and oxygen atoms in total. The Morgan fingerprint density at radius 1 is 1.22 bits per heavy atom. The molecule has 0 aliphatic rings. The second kappa shape index (κ2) is 5.32. The van der Waals surface area contributed by atoms with Crippen molar-refractivity contribution in [3.63, 3.8) is 0 Å². The number of rotatable bonds is 5. The Labute approximate surface area is 106 Å². The summed E-state index contributed by atoms with van der Waals surface area (Å²) >= 11 is 0. The van der Waals surface area contributed by atoms with Gasteiger partial charge in [0.25, 0.3) is 0 Å². The quantitative estimate of drug-likeness (QED) is 0.849. The summed E-state index contributed by atoms with van der Waals surface area (Å²) in [7, 11) is -3.11. The number of aromatic amines is 1. The van der Waals surface area contributed by atoms with Gasteiger partial charge in [-0.25, -0.2) is 13.4 Å². The normalized spacial score (nSPS) is 11.6. The number of H-pyrrole nitrogens is 1. The van der Waals surface area contributed by atoms with E-state index in [0.717, 1.165) is 11.3 Å². The molecule has 0 unspecified atom stereocenters. The van der Waals surface area contributed by atoms with E-state index in [1.54, 1.807) is 24.7 Å². The number of hydrogen-bond donors (Lipinski definition) is 2. The van der Waals surface area contributed by atoms with Gasteiger partial charge in [0.1, 0.15) is 0 Å². The molecule has 0 fully saturated rings. The van der Waals surface area contributed by atoms with E-state index in [1.165, 1.54) is 6.26 Å². The summed E-state index contributed by atoms with van der Waals surface area (Å²) in [6.45, 7) is 1.39. The average Bonchev–Trinajstić information content (AvgIpc) is 2.82. The molecule has 2 N–H and O–H groups in total. The predicted molar refractivity (Wildman–Crippen MR) is 68.7 cm³/mol. The minimum absolute atomic E-state index is 0.347. The van der Waals surface area contributed by atoms with E-state index in [-0.39, 0.29) is 0 Å². The van der Waals surface area contributed by atoms with Gasteiger partial charge in [-0.15, -0.1) is 0 Å². The van der Waals surface area contributed by atoms with Gasteiger partial charge < -0.3 is 10.3 Å². The highest BCUT2D eigenvalue weighted by molar-refractivity contribution is 7.90. The molecule has 6 heteroatoms. The van der Waals surface area contributed by atoms with E-state index in [1.807, 2.05) is 12.1 Å². The predicted octanol–water partition coefficient (Wildman–Crippen LogP) is 1.10. The van der Waals surface area contributed by atoms with Crippen LogP contribution in [0, 0.1) is 0 Å². The molecule has 2 rings (SSSR count). The second-order valence-electron chi connectivity index (χ2n) is 4.10. The van der Waals surface area contributed by atoms with Crippen molar-refractivity contribution in [3.8, 4) is 0 Å². The molecule has 1 heterocycles. The molecule has 0 atom stereocenters. The van der Waals surface area contributed by atoms with Gasteiger partial charge in [0.05, 0.1) is 11.2 Å². The van der Waals surface area contributed by atoms with Gasteiger partial charge >= 0.3 is 0 Å². The summed E-state index contributed by atoms with van der Waals surface area (Å²) in [6, 6.07) is 6.89. The molecule has 0 aliphatic carbocycles. The summed E-state index contributed by atoms with van der Waals surface area (Å²) in [5.41, 5.74) is 2.06. The van der Waals surface area contributed by atoms with Crippen LogP contribution < -0.4 is 5.32 Å². The molecular weight excluding hydrogens is 250 g/mol. The molecule has 18 heavy (non-hydrogen) atoms. The first-order valence-electron chi connectivity index (χ1n) is 5.53. The third kappa shape index (κ3) is 3.41. The van der Waals surface area contributed by atoms with Crippen LogP contribution >= 0.6 is 0 Å². The first kappa shape index (κ1) is 12.8. The fourth-order valence-electron chi connectivity index (χ4n) is 1.58. The van der Waals surface area contributed by atoms with Crippen molar-refractivity contribution in [2.24, 2.45) is 0 Å². The monoisotopic (exact) mass is 265 g/mol. The van der Waals surface area contributed by atoms with E-state index >= 15 is 0 Å². The molecule has 0 bridgehead atoms. The Balaban J connectivity index is 1.91. The Kier molecular flexibility index (Phi) is 3.78. The molecule has 0 saturated heterocycles. The number of nitrogens with one attached hydrogen (secondary N) is 2. The zero-order valence-corrected chi connectivity index (χ0v) is 10.9. The summed E-state index contributed by atoms with van der Waals surface area (Å²) in [5, 5.41) is 3.24. The van der Waals surface area contributed by atoms with Crippen molar-refractivity contribution in [1.82, 2.24) is 15.3 Å². The van der Waals surface area contributed by atoms with Crippen LogP contribution in [0.25, 0.3) is 0 Å².